The van der Waals surface area contributed by atoms with Crippen molar-refractivity contribution in [3.63, 3.8) is 0 Å². The van der Waals surface area contributed by atoms with Crippen LogP contribution in [0.3, 0.4) is 0 Å². The van der Waals surface area contributed by atoms with Crippen molar-refractivity contribution < 1.29 is 14.3 Å². The SMILES string of the molecule is COC(=O)Cc1ccccc1Nc1cc[n+]([O-])c2cc(Cl)ccc12. The molecule has 0 aliphatic carbocycles. The zero-order chi connectivity index (χ0) is 17.1. The highest BCUT2D eigenvalue weighted by Gasteiger charge is 2.12. The third kappa shape index (κ3) is 3.26. The first kappa shape index (κ1) is 16.1. The fourth-order valence-corrected chi connectivity index (χ4v) is 2.67. The molecule has 1 heterocycles. The Morgan fingerprint density at radius 1 is 1.21 bits per heavy atom. The van der Waals surface area contributed by atoms with E-state index in [4.69, 9.17) is 16.3 Å². The number of carbonyl (C=O) groups is 1. The summed E-state index contributed by atoms with van der Waals surface area (Å²) in [4.78, 5) is 11.6. The monoisotopic (exact) mass is 342 g/mol. The minimum atomic E-state index is -0.314. The van der Waals surface area contributed by atoms with Gasteiger partial charge in [0.25, 0.3) is 0 Å². The van der Waals surface area contributed by atoms with Gasteiger partial charge < -0.3 is 15.3 Å². The summed E-state index contributed by atoms with van der Waals surface area (Å²) < 4.78 is 5.50. The molecule has 0 unspecified atom stereocenters. The number of esters is 1. The van der Waals surface area contributed by atoms with Gasteiger partial charge >= 0.3 is 5.97 Å². The molecule has 0 atom stereocenters. The fraction of sp³-hybridized carbons (Fsp3) is 0.111. The molecule has 0 saturated carbocycles. The molecule has 2 aromatic carbocycles. The quantitative estimate of drug-likeness (QED) is 0.447. The number of anilines is 2. The fourth-order valence-electron chi connectivity index (χ4n) is 2.51. The Bertz CT molecular complexity index is 912. The molecule has 0 bridgehead atoms. The molecule has 5 nitrogen and oxygen atoms in total. The number of hydrogen-bond acceptors (Lipinski definition) is 4. The molecule has 0 spiro atoms. The third-order valence-electron chi connectivity index (χ3n) is 3.71. The van der Waals surface area contributed by atoms with E-state index in [1.165, 1.54) is 13.3 Å². The smallest absolute Gasteiger partial charge is 0.310 e. The zero-order valence-corrected chi connectivity index (χ0v) is 13.7. The van der Waals surface area contributed by atoms with Crippen LogP contribution < -0.4 is 10.0 Å². The molecule has 0 amide bonds. The van der Waals surface area contributed by atoms with Gasteiger partial charge in [0.05, 0.1) is 24.6 Å². The van der Waals surface area contributed by atoms with Crippen LogP contribution in [-0.4, -0.2) is 13.1 Å². The van der Waals surface area contributed by atoms with Crippen LogP contribution in [0.25, 0.3) is 10.9 Å². The average molecular weight is 343 g/mol. The van der Waals surface area contributed by atoms with Gasteiger partial charge in [-0.1, -0.05) is 29.8 Å². The lowest BCUT2D eigenvalue weighted by Gasteiger charge is -2.13. The van der Waals surface area contributed by atoms with Crippen molar-refractivity contribution in [1.29, 1.82) is 0 Å². The van der Waals surface area contributed by atoms with Crippen molar-refractivity contribution in [1.82, 2.24) is 0 Å². The highest BCUT2D eigenvalue weighted by molar-refractivity contribution is 6.31. The molecule has 3 aromatic rings. The number of aromatic nitrogens is 1. The van der Waals surface area contributed by atoms with E-state index in [0.717, 1.165) is 27.1 Å². The topological polar surface area (TPSA) is 65.3 Å². The first-order chi connectivity index (χ1) is 11.6. The van der Waals surface area contributed by atoms with Gasteiger partial charge in [0, 0.05) is 22.8 Å². The number of carbonyl (C=O) groups excluding carboxylic acids is 1. The minimum Gasteiger partial charge on any atom is -0.618 e. The molecule has 1 aromatic heterocycles. The molecule has 0 aliphatic rings. The largest absolute Gasteiger partial charge is 0.618 e. The van der Waals surface area contributed by atoms with Gasteiger partial charge in [-0.25, -0.2) is 0 Å². The number of benzene rings is 2. The number of nitrogens with one attached hydrogen (secondary N) is 1. The van der Waals surface area contributed by atoms with Crippen LogP contribution in [0.2, 0.25) is 5.02 Å². The van der Waals surface area contributed by atoms with E-state index in [1.54, 1.807) is 24.3 Å². The van der Waals surface area contributed by atoms with Crippen LogP contribution in [0.15, 0.2) is 54.7 Å². The maximum Gasteiger partial charge on any atom is 0.310 e. The van der Waals surface area contributed by atoms with Gasteiger partial charge in [-0.3, -0.25) is 4.79 Å². The number of rotatable bonds is 4. The summed E-state index contributed by atoms with van der Waals surface area (Å²) in [6.07, 6.45) is 1.59. The lowest BCUT2D eigenvalue weighted by molar-refractivity contribution is -0.576. The Hall–Kier alpha value is -2.79. The van der Waals surface area contributed by atoms with E-state index in [0.29, 0.717) is 10.5 Å². The molecule has 0 aliphatic heterocycles. The van der Waals surface area contributed by atoms with Crippen molar-refractivity contribution in [2.24, 2.45) is 0 Å². The van der Waals surface area contributed by atoms with E-state index in [9.17, 15) is 10.0 Å². The number of ether oxygens (including phenoxy) is 1. The zero-order valence-electron chi connectivity index (χ0n) is 13.0. The highest BCUT2D eigenvalue weighted by atomic mass is 35.5. The lowest BCUT2D eigenvalue weighted by Crippen LogP contribution is -2.26. The second-order valence-electron chi connectivity index (χ2n) is 5.25. The Balaban J connectivity index is 2.02. The number of hydrogen-bond donors (Lipinski definition) is 1. The first-order valence-electron chi connectivity index (χ1n) is 7.31. The van der Waals surface area contributed by atoms with Crippen molar-refractivity contribution in [3.8, 4) is 0 Å². The minimum absolute atomic E-state index is 0.165. The van der Waals surface area contributed by atoms with Crippen LogP contribution in [0, 0.1) is 5.21 Å². The summed E-state index contributed by atoms with van der Waals surface area (Å²) in [5, 5.41) is 16.5. The second kappa shape index (κ2) is 6.76. The Morgan fingerprint density at radius 2 is 2.00 bits per heavy atom. The molecule has 3 rings (SSSR count). The number of methoxy groups -OCH3 is 1. The maximum atomic E-state index is 12.0. The molecule has 0 fully saturated rings. The summed E-state index contributed by atoms with van der Waals surface area (Å²) in [5.74, 6) is -0.314. The highest BCUT2D eigenvalue weighted by Crippen LogP contribution is 2.28. The van der Waals surface area contributed by atoms with Gasteiger partial charge in [-0.05, 0) is 23.8 Å². The standard InChI is InChI=1S/C18H15ClN2O3/c1-24-18(22)10-12-4-2-3-5-15(12)20-16-8-9-21(23)17-11-13(19)6-7-14(16)17/h2-9,11,20H,10H2,1H3. The predicted molar refractivity (Wildman–Crippen MR) is 93.4 cm³/mol. The molecule has 0 radical (unpaired) electrons. The van der Waals surface area contributed by atoms with Crippen LogP contribution in [0.4, 0.5) is 11.4 Å². The van der Waals surface area contributed by atoms with E-state index in [-0.39, 0.29) is 12.4 Å². The van der Waals surface area contributed by atoms with Crippen LogP contribution in [0.1, 0.15) is 5.56 Å². The van der Waals surface area contributed by atoms with E-state index in [1.807, 2.05) is 24.3 Å². The molecule has 0 saturated heterocycles. The van der Waals surface area contributed by atoms with Crippen molar-refractivity contribution >= 4 is 39.8 Å². The molecular formula is C18H15ClN2O3. The summed E-state index contributed by atoms with van der Waals surface area (Å²) in [7, 11) is 1.36. The normalized spacial score (nSPS) is 10.6. The van der Waals surface area contributed by atoms with Crippen LogP contribution in [0.5, 0.6) is 0 Å². The van der Waals surface area contributed by atoms with E-state index in [2.05, 4.69) is 5.32 Å². The van der Waals surface area contributed by atoms with Gasteiger partial charge in [0.15, 0.2) is 6.20 Å². The second-order valence-corrected chi connectivity index (χ2v) is 5.69. The maximum absolute atomic E-state index is 12.0. The molecule has 24 heavy (non-hydrogen) atoms. The van der Waals surface area contributed by atoms with Crippen molar-refractivity contribution in [3.05, 3.63) is 70.5 Å². The van der Waals surface area contributed by atoms with Gasteiger partial charge in [-0.2, -0.15) is 4.73 Å². The first-order valence-corrected chi connectivity index (χ1v) is 7.69. The van der Waals surface area contributed by atoms with Crippen LogP contribution >= 0.6 is 11.6 Å². The summed E-state index contributed by atoms with van der Waals surface area (Å²) >= 11 is 5.98. The number of nitrogens with zero attached hydrogens (tertiary/aromatic N) is 1. The molecule has 6 heteroatoms. The molecule has 122 valence electrons. The van der Waals surface area contributed by atoms with E-state index < -0.39 is 0 Å². The Morgan fingerprint density at radius 3 is 2.79 bits per heavy atom. The Kier molecular flexibility index (Phi) is 4.53. The lowest BCUT2D eigenvalue weighted by atomic mass is 10.1. The summed E-state index contributed by atoms with van der Waals surface area (Å²) in [5.41, 5.74) is 2.82. The number of fused-ring (bicyclic) bond motifs is 1. The van der Waals surface area contributed by atoms with Crippen molar-refractivity contribution in [2.75, 3.05) is 12.4 Å². The number of para-hydroxylation sites is 1. The van der Waals surface area contributed by atoms with Gasteiger partial charge in [-0.15, -0.1) is 0 Å². The van der Waals surface area contributed by atoms with Gasteiger partial charge in [0.1, 0.15) is 0 Å². The van der Waals surface area contributed by atoms with Crippen LogP contribution in [-0.2, 0) is 16.0 Å². The molecular weight excluding hydrogens is 328 g/mol. The number of pyridine rings is 1. The summed E-state index contributed by atoms with van der Waals surface area (Å²) in [6.45, 7) is 0. The van der Waals surface area contributed by atoms with Crippen molar-refractivity contribution in [2.45, 2.75) is 6.42 Å². The predicted octanol–water partition coefficient (Wildman–Crippen LogP) is 3.59. The number of halogens is 1. The average Bonchev–Trinajstić information content (AvgIpc) is 2.59. The Labute approximate surface area is 144 Å². The third-order valence-corrected chi connectivity index (χ3v) is 3.95. The van der Waals surface area contributed by atoms with Gasteiger partial charge in [0.2, 0.25) is 5.52 Å². The molecule has 1 N–H and O–H groups in total. The summed E-state index contributed by atoms with van der Waals surface area (Å²) in [6, 6.07) is 14.3. The van der Waals surface area contributed by atoms with E-state index >= 15 is 0 Å².